The highest BCUT2D eigenvalue weighted by atomic mass is 16.5. The number of H-pyrrole nitrogens is 1. The van der Waals surface area contributed by atoms with E-state index in [2.05, 4.69) is 19.9 Å². The maximum absolute atomic E-state index is 12.3. The molecule has 3 heterocycles. The summed E-state index contributed by atoms with van der Waals surface area (Å²) >= 11 is 0. The summed E-state index contributed by atoms with van der Waals surface area (Å²) in [4.78, 5) is 39.6. The Balaban J connectivity index is 2.10. The van der Waals surface area contributed by atoms with Crippen molar-refractivity contribution in [2.75, 3.05) is 6.61 Å². The van der Waals surface area contributed by atoms with Crippen molar-refractivity contribution in [1.29, 1.82) is 0 Å². The van der Waals surface area contributed by atoms with Gasteiger partial charge in [-0.1, -0.05) is 0 Å². The van der Waals surface area contributed by atoms with Crippen LogP contribution in [0.15, 0.2) is 35.5 Å². The average Bonchev–Trinajstić information content (AvgIpc) is 2.55. The molecule has 0 amide bonds. The molecular formula is C16H14N4O3. The summed E-state index contributed by atoms with van der Waals surface area (Å²) in [6, 6.07) is 3.64. The topological polar surface area (TPSA) is 97.8 Å². The smallest absolute Gasteiger partial charge is 0.343 e. The zero-order valence-electron chi connectivity index (χ0n) is 12.7. The maximum atomic E-state index is 12.3. The van der Waals surface area contributed by atoms with Gasteiger partial charge in [0.15, 0.2) is 5.82 Å². The first kappa shape index (κ1) is 14.8. The molecular weight excluding hydrogens is 296 g/mol. The highest BCUT2D eigenvalue weighted by molar-refractivity contribution is 5.92. The number of carbonyl (C=O) groups excluding carboxylic acids is 1. The van der Waals surface area contributed by atoms with Gasteiger partial charge in [0.1, 0.15) is 11.2 Å². The van der Waals surface area contributed by atoms with Gasteiger partial charge >= 0.3 is 5.97 Å². The molecule has 0 aliphatic rings. The molecule has 0 aromatic carbocycles. The van der Waals surface area contributed by atoms with Crippen molar-refractivity contribution in [1.82, 2.24) is 19.9 Å². The lowest BCUT2D eigenvalue weighted by Gasteiger charge is -2.05. The summed E-state index contributed by atoms with van der Waals surface area (Å²) in [7, 11) is 0. The minimum atomic E-state index is -0.663. The van der Waals surface area contributed by atoms with Crippen LogP contribution < -0.4 is 5.43 Å². The Morgan fingerprint density at radius 1 is 1.35 bits per heavy atom. The van der Waals surface area contributed by atoms with Crippen LogP contribution in [0.4, 0.5) is 0 Å². The average molecular weight is 310 g/mol. The normalized spacial score (nSPS) is 10.7. The van der Waals surface area contributed by atoms with Crippen LogP contribution in [-0.4, -0.2) is 32.5 Å². The standard InChI is InChI=1S/C16H14N4O3/c1-3-23-16(22)12-8-19-15-11(13(12)21)7-18-14(20-15)10-4-5-17-9(2)6-10/h4-8H,3H2,1-2H3,(H,18,19,20,21). The van der Waals surface area contributed by atoms with Gasteiger partial charge in [-0.2, -0.15) is 0 Å². The van der Waals surface area contributed by atoms with Gasteiger partial charge < -0.3 is 9.72 Å². The summed E-state index contributed by atoms with van der Waals surface area (Å²) in [5.41, 5.74) is 1.50. The lowest BCUT2D eigenvalue weighted by atomic mass is 10.2. The molecule has 0 radical (unpaired) electrons. The SMILES string of the molecule is CCOC(=O)c1c[nH]c2nc(-c3ccnc(C)c3)ncc2c1=O. The van der Waals surface area contributed by atoms with Crippen LogP contribution in [0.1, 0.15) is 23.0 Å². The Kier molecular flexibility index (Phi) is 3.84. The largest absolute Gasteiger partial charge is 0.462 e. The lowest BCUT2D eigenvalue weighted by molar-refractivity contribution is 0.0524. The second-order valence-corrected chi connectivity index (χ2v) is 4.89. The first-order valence-electron chi connectivity index (χ1n) is 7.08. The van der Waals surface area contributed by atoms with Crippen molar-refractivity contribution >= 4 is 17.0 Å². The first-order chi connectivity index (χ1) is 11.1. The van der Waals surface area contributed by atoms with Crippen molar-refractivity contribution in [3.63, 3.8) is 0 Å². The van der Waals surface area contributed by atoms with Gasteiger partial charge in [-0.05, 0) is 26.0 Å². The number of pyridine rings is 2. The molecule has 3 rings (SSSR count). The Hall–Kier alpha value is -3.09. The molecule has 3 aromatic heterocycles. The number of rotatable bonds is 3. The number of esters is 1. The van der Waals surface area contributed by atoms with E-state index in [1.165, 1.54) is 12.4 Å². The molecule has 0 atom stereocenters. The van der Waals surface area contributed by atoms with E-state index in [9.17, 15) is 9.59 Å². The summed E-state index contributed by atoms with van der Waals surface area (Å²) < 4.78 is 4.86. The van der Waals surface area contributed by atoms with Crippen molar-refractivity contribution in [2.24, 2.45) is 0 Å². The molecule has 23 heavy (non-hydrogen) atoms. The second-order valence-electron chi connectivity index (χ2n) is 4.89. The van der Waals surface area contributed by atoms with Crippen LogP contribution >= 0.6 is 0 Å². The molecule has 0 saturated heterocycles. The number of aryl methyl sites for hydroxylation is 1. The minimum absolute atomic E-state index is 0.0598. The Morgan fingerprint density at radius 3 is 2.91 bits per heavy atom. The number of carbonyl (C=O) groups is 1. The van der Waals surface area contributed by atoms with Crippen molar-refractivity contribution < 1.29 is 9.53 Å². The van der Waals surface area contributed by atoms with E-state index in [4.69, 9.17) is 4.74 Å². The fourth-order valence-corrected chi connectivity index (χ4v) is 2.19. The van der Waals surface area contributed by atoms with Crippen molar-refractivity contribution in [3.8, 4) is 11.4 Å². The number of aromatic amines is 1. The fraction of sp³-hybridized carbons (Fsp3) is 0.188. The van der Waals surface area contributed by atoms with Crippen LogP contribution in [0, 0.1) is 6.92 Å². The molecule has 0 bridgehead atoms. The number of nitrogens with zero attached hydrogens (tertiary/aromatic N) is 3. The zero-order chi connectivity index (χ0) is 16.4. The highest BCUT2D eigenvalue weighted by Crippen LogP contribution is 2.16. The van der Waals surface area contributed by atoms with E-state index >= 15 is 0 Å². The van der Waals surface area contributed by atoms with Gasteiger partial charge in [0.25, 0.3) is 0 Å². The van der Waals surface area contributed by atoms with E-state index < -0.39 is 11.4 Å². The third kappa shape index (κ3) is 2.80. The summed E-state index contributed by atoms with van der Waals surface area (Å²) in [5, 5.41) is 0.241. The number of aromatic nitrogens is 4. The minimum Gasteiger partial charge on any atom is -0.462 e. The first-order valence-corrected chi connectivity index (χ1v) is 7.08. The third-order valence-electron chi connectivity index (χ3n) is 3.28. The van der Waals surface area contributed by atoms with E-state index in [0.717, 1.165) is 11.3 Å². The maximum Gasteiger partial charge on any atom is 0.343 e. The molecule has 1 N–H and O–H groups in total. The number of fused-ring (bicyclic) bond motifs is 1. The molecule has 0 saturated carbocycles. The van der Waals surface area contributed by atoms with Crippen molar-refractivity contribution in [3.05, 3.63) is 52.2 Å². The molecule has 0 aliphatic carbocycles. The van der Waals surface area contributed by atoms with Crippen LogP contribution in [0.5, 0.6) is 0 Å². The predicted molar refractivity (Wildman–Crippen MR) is 84.1 cm³/mol. The van der Waals surface area contributed by atoms with E-state index in [1.807, 2.05) is 13.0 Å². The van der Waals surface area contributed by atoms with Crippen LogP contribution in [0.2, 0.25) is 0 Å². The van der Waals surface area contributed by atoms with Crippen LogP contribution in [-0.2, 0) is 4.74 Å². The van der Waals surface area contributed by atoms with Gasteiger partial charge in [-0.25, -0.2) is 14.8 Å². The monoisotopic (exact) mass is 310 g/mol. The quantitative estimate of drug-likeness (QED) is 0.742. The second kappa shape index (κ2) is 5.96. The molecule has 116 valence electrons. The summed E-state index contributed by atoms with van der Waals surface area (Å²) in [6.45, 7) is 3.75. The molecule has 7 heteroatoms. The van der Waals surface area contributed by atoms with E-state index in [-0.39, 0.29) is 17.6 Å². The number of nitrogens with one attached hydrogen (secondary N) is 1. The molecule has 0 fully saturated rings. The van der Waals surface area contributed by atoms with E-state index in [0.29, 0.717) is 11.5 Å². The Labute approximate surface area is 131 Å². The fourth-order valence-electron chi connectivity index (χ4n) is 2.19. The number of hydrogen-bond donors (Lipinski definition) is 1. The molecule has 3 aromatic rings. The third-order valence-corrected chi connectivity index (χ3v) is 3.28. The van der Waals surface area contributed by atoms with Crippen molar-refractivity contribution in [2.45, 2.75) is 13.8 Å². The Morgan fingerprint density at radius 2 is 2.17 bits per heavy atom. The van der Waals surface area contributed by atoms with Gasteiger partial charge in [-0.3, -0.25) is 9.78 Å². The van der Waals surface area contributed by atoms with Crippen LogP contribution in [0.3, 0.4) is 0 Å². The number of ether oxygens (including phenoxy) is 1. The van der Waals surface area contributed by atoms with E-state index in [1.54, 1.807) is 19.2 Å². The van der Waals surface area contributed by atoms with Gasteiger partial charge in [0.2, 0.25) is 5.43 Å². The lowest BCUT2D eigenvalue weighted by Crippen LogP contribution is -2.18. The molecule has 0 unspecified atom stereocenters. The zero-order valence-corrected chi connectivity index (χ0v) is 12.7. The number of hydrogen-bond acceptors (Lipinski definition) is 6. The van der Waals surface area contributed by atoms with Crippen LogP contribution in [0.25, 0.3) is 22.4 Å². The molecule has 0 aliphatic heterocycles. The molecule has 0 spiro atoms. The van der Waals surface area contributed by atoms with Gasteiger partial charge in [0.05, 0.1) is 12.0 Å². The molecule has 7 nitrogen and oxygen atoms in total. The summed E-state index contributed by atoms with van der Waals surface area (Å²) in [5.74, 6) is -0.188. The van der Waals surface area contributed by atoms with Gasteiger partial charge in [0, 0.05) is 29.8 Å². The highest BCUT2D eigenvalue weighted by Gasteiger charge is 2.15. The Bertz CT molecular complexity index is 949. The summed E-state index contributed by atoms with van der Waals surface area (Å²) in [6.07, 6.45) is 4.40. The van der Waals surface area contributed by atoms with Gasteiger partial charge in [-0.15, -0.1) is 0 Å². The predicted octanol–water partition coefficient (Wildman–Crippen LogP) is 1.87.